The molecule has 2 aromatic carbocycles. The summed E-state index contributed by atoms with van der Waals surface area (Å²) in [5, 5.41) is 2.33. The summed E-state index contributed by atoms with van der Waals surface area (Å²) in [4.78, 5) is 0. The van der Waals surface area contributed by atoms with Crippen LogP contribution in [0.1, 0.15) is 12.5 Å². The molecule has 0 saturated heterocycles. The lowest BCUT2D eigenvalue weighted by Crippen LogP contribution is -1.90. The molecule has 1 nitrogen and oxygen atoms in total. The number of allylic oxidation sites excluding steroid dienone is 1. The van der Waals surface area contributed by atoms with Crippen molar-refractivity contribution in [3.05, 3.63) is 48.5 Å². The van der Waals surface area contributed by atoms with Crippen molar-refractivity contribution in [2.45, 2.75) is 6.92 Å². The van der Waals surface area contributed by atoms with E-state index in [0.717, 1.165) is 22.3 Å². The van der Waals surface area contributed by atoms with Gasteiger partial charge >= 0.3 is 0 Å². The molecule has 0 heterocycles. The first-order valence-corrected chi connectivity index (χ1v) is 4.86. The molecule has 75 valence electrons. The Bertz CT molecular complexity index is 512. The van der Waals surface area contributed by atoms with Crippen molar-refractivity contribution < 1.29 is 4.74 Å². The predicted octanol–water partition coefficient (Wildman–Crippen LogP) is 3.68. The van der Waals surface area contributed by atoms with E-state index in [9.17, 15) is 0 Å². The molecule has 0 aromatic heterocycles. The minimum Gasteiger partial charge on any atom is -0.496 e. The van der Waals surface area contributed by atoms with Crippen molar-refractivity contribution in [3.63, 3.8) is 0 Å². The van der Waals surface area contributed by atoms with Gasteiger partial charge in [0.2, 0.25) is 0 Å². The van der Waals surface area contributed by atoms with Crippen LogP contribution in [0.5, 0.6) is 5.75 Å². The Hall–Kier alpha value is -1.76. The van der Waals surface area contributed by atoms with Crippen LogP contribution in [0.2, 0.25) is 0 Å². The number of methoxy groups -OCH3 is 1. The van der Waals surface area contributed by atoms with Crippen LogP contribution in [0.4, 0.5) is 0 Å². The zero-order valence-electron chi connectivity index (χ0n) is 9.00. The van der Waals surface area contributed by atoms with E-state index in [1.807, 2.05) is 37.3 Å². The van der Waals surface area contributed by atoms with Crippen molar-refractivity contribution in [2.24, 2.45) is 0 Å². The van der Waals surface area contributed by atoms with Crippen LogP contribution >= 0.6 is 0 Å². The highest BCUT2D eigenvalue weighted by Crippen LogP contribution is 2.32. The fraction of sp³-hybridized carbons (Fsp3) is 0.143. The summed E-state index contributed by atoms with van der Waals surface area (Å²) in [7, 11) is 1.68. The summed E-state index contributed by atoms with van der Waals surface area (Å²) < 4.78 is 5.34. The van der Waals surface area contributed by atoms with Gasteiger partial charge in [-0.25, -0.2) is 0 Å². The quantitative estimate of drug-likeness (QED) is 0.713. The molecule has 2 rings (SSSR count). The molecule has 0 amide bonds. The average Bonchev–Trinajstić information content (AvgIpc) is 2.27. The monoisotopic (exact) mass is 197 g/mol. The third-order valence-electron chi connectivity index (χ3n) is 2.47. The Kier molecular flexibility index (Phi) is 2.46. The molecular formula is C14H13O. The second-order valence-corrected chi connectivity index (χ2v) is 3.57. The summed E-state index contributed by atoms with van der Waals surface area (Å²) in [6.07, 6.45) is 0. The van der Waals surface area contributed by atoms with Crippen molar-refractivity contribution in [3.8, 4) is 5.75 Å². The van der Waals surface area contributed by atoms with Crippen LogP contribution in [0.15, 0.2) is 36.9 Å². The molecule has 0 unspecified atom stereocenters. The molecule has 0 fully saturated rings. The van der Waals surface area contributed by atoms with E-state index >= 15 is 0 Å². The second-order valence-electron chi connectivity index (χ2n) is 3.57. The number of ether oxygens (including phenoxy) is 1. The predicted molar refractivity (Wildman–Crippen MR) is 64.0 cm³/mol. The van der Waals surface area contributed by atoms with E-state index < -0.39 is 0 Å². The molecule has 15 heavy (non-hydrogen) atoms. The van der Waals surface area contributed by atoms with Gasteiger partial charge < -0.3 is 4.74 Å². The van der Waals surface area contributed by atoms with Crippen LogP contribution in [0.3, 0.4) is 0 Å². The fourth-order valence-corrected chi connectivity index (χ4v) is 1.80. The molecule has 0 N–H and O–H groups in total. The van der Waals surface area contributed by atoms with E-state index in [-0.39, 0.29) is 0 Å². The van der Waals surface area contributed by atoms with Gasteiger partial charge in [0.15, 0.2) is 0 Å². The van der Waals surface area contributed by atoms with Crippen molar-refractivity contribution in [1.29, 1.82) is 0 Å². The lowest BCUT2D eigenvalue weighted by Gasteiger charge is -2.11. The first kappa shape index (κ1) is 9.78. The Balaban J connectivity index is 2.85. The van der Waals surface area contributed by atoms with Gasteiger partial charge in [-0.05, 0) is 41.5 Å². The largest absolute Gasteiger partial charge is 0.496 e. The topological polar surface area (TPSA) is 9.23 Å². The highest BCUT2D eigenvalue weighted by molar-refractivity contribution is 5.95. The molecule has 0 aliphatic carbocycles. The molecule has 0 bridgehead atoms. The molecule has 0 atom stereocenters. The van der Waals surface area contributed by atoms with Gasteiger partial charge in [-0.15, -0.1) is 0 Å². The minimum atomic E-state index is 0.876. The first-order chi connectivity index (χ1) is 7.24. The lowest BCUT2D eigenvalue weighted by molar-refractivity contribution is 0.414. The molecular weight excluding hydrogens is 184 g/mol. The zero-order valence-corrected chi connectivity index (χ0v) is 9.00. The Morgan fingerprint density at radius 3 is 2.80 bits per heavy atom. The van der Waals surface area contributed by atoms with Crippen LogP contribution in [-0.2, 0) is 0 Å². The second kappa shape index (κ2) is 3.77. The number of hydrogen-bond acceptors (Lipinski definition) is 1. The Morgan fingerprint density at radius 1 is 1.33 bits per heavy atom. The maximum absolute atomic E-state index is 5.34. The van der Waals surface area contributed by atoms with Crippen molar-refractivity contribution in [1.82, 2.24) is 0 Å². The Labute approximate surface area is 90.0 Å². The fourth-order valence-electron chi connectivity index (χ4n) is 1.80. The van der Waals surface area contributed by atoms with Gasteiger partial charge in [-0.3, -0.25) is 0 Å². The number of fused-ring (bicyclic) bond motifs is 1. The molecule has 2 aromatic rings. The third kappa shape index (κ3) is 1.61. The van der Waals surface area contributed by atoms with Gasteiger partial charge in [0.1, 0.15) is 5.75 Å². The number of benzene rings is 2. The summed E-state index contributed by atoms with van der Waals surface area (Å²) in [5.41, 5.74) is 2.10. The standard InChI is InChI=1S/C14H13O/c1-10(2)14-12-7-5-4-6-11(12)8-9-13(14)15-3/h5-9H,1H2,2-3H3. The van der Waals surface area contributed by atoms with E-state index in [4.69, 9.17) is 4.74 Å². The lowest BCUT2D eigenvalue weighted by atomic mass is 9.99. The van der Waals surface area contributed by atoms with Crippen LogP contribution in [0.25, 0.3) is 16.3 Å². The molecule has 0 spiro atoms. The maximum Gasteiger partial charge on any atom is 0.126 e. The highest BCUT2D eigenvalue weighted by Gasteiger charge is 2.07. The van der Waals surface area contributed by atoms with Crippen LogP contribution in [0, 0.1) is 6.07 Å². The van der Waals surface area contributed by atoms with Crippen molar-refractivity contribution in [2.75, 3.05) is 7.11 Å². The van der Waals surface area contributed by atoms with Crippen molar-refractivity contribution >= 4 is 16.3 Å². The molecule has 1 radical (unpaired) electrons. The van der Waals surface area contributed by atoms with Gasteiger partial charge in [0.05, 0.1) is 7.11 Å². The van der Waals surface area contributed by atoms with E-state index in [2.05, 4.69) is 12.6 Å². The normalized spacial score (nSPS) is 10.3. The first-order valence-electron chi connectivity index (χ1n) is 4.86. The van der Waals surface area contributed by atoms with E-state index in [1.54, 1.807) is 7.11 Å². The van der Waals surface area contributed by atoms with Gasteiger partial charge in [0.25, 0.3) is 0 Å². The summed E-state index contributed by atoms with van der Waals surface area (Å²) in [6, 6.07) is 13.0. The minimum absolute atomic E-state index is 0.876. The maximum atomic E-state index is 5.34. The number of hydrogen-bond donors (Lipinski definition) is 0. The Morgan fingerprint density at radius 2 is 2.13 bits per heavy atom. The third-order valence-corrected chi connectivity index (χ3v) is 2.47. The highest BCUT2D eigenvalue weighted by atomic mass is 16.5. The summed E-state index contributed by atoms with van der Waals surface area (Å²) in [5.74, 6) is 0.876. The van der Waals surface area contributed by atoms with E-state index in [0.29, 0.717) is 0 Å². The SMILES string of the molecule is C=C(C)c1c(OC)ccc2c[c]ccc12. The summed E-state index contributed by atoms with van der Waals surface area (Å²) >= 11 is 0. The van der Waals surface area contributed by atoms with Gasteiger partial charge in [-0.2, -0.15) is 0 Å². The van der Waals surface area contributed by atoms with Crippen LogP contribution < -0.4 is 4.74 Å². The number of rotatable bonds is 2. The van der Waals surface area contributed by atoms with E-state index in [1.165, 1.54) is 5.39 Å². The summed E-state index contributed by atoms with van der Waals surface area (Å²) in [6.45, 7) is 5.99. The average molecular weight is 197 g/mol. The zero-order chi connectivity index (χ0) is 10.8. The van der Waals surface area contributed by atoms with Gasteiger partial charge in [0, 0.05) is 5.56 Å². The molecule has 1 heteroatoms. The van der Waals surface area contributed by atoms with Gasteiger partial charge in [-0.1, -0.05) is 24.8 Å². The molecule has 0 aliphatic rings. The molecule has 0 saturated carbocycles. The smallest absolute Gasteiger partial charge is 0.126 e. The van der Waals surface area contributed by atoms with Crippen LogP contribution in [-0.4, -0.2) is 7.11 Å². The molecule has 0 aliphatic heterocycles.